The molecule has 0 unspecified atom stereocenters. The van der Waals surface area contributed by atoms with Gasteiger partial charge in [-0.05, 0) is 32.6 Å². The Morgan fingerprint density at radius 3 is 2.84 bits per heavy atom. The van der Waals surface area contributed by atoms with Crippen molar-refractivity contribution in [2.45, 2.75) is 64.5 Å². The zero-order valence-corrected chi connectivity index (χ0v) is 12.3. The second-order valence-electron chi connectivity index (χ2n) is 5.58. The fraction of sp³-hybridized carbons (Fsp3) is 0.800. The quantitative estimate of drug-likeness (QED) is 0.768. The summed E-state index contributed by atoms with van der Waals surface area (Å²) >= 11 is 0. The van der Waals surface area contributed by atoms with Gasteiger partial charge in [0.05, 0.1) is 5.69 Å². The maximum absolute atomic E-state index is 5.10. The summed E-state index contributed by atoms with van der Waals surface area (Å²) in [6.07, 6.45) is 11.1. The van der Waals surface area contributed by atoms with Gasteiger partial charge in [0.15, 0.2) is 0 Å². The lowest BCUT2D eigenvalue weighted by atomic mass is 9.96. The Kier molecular flexibility index (Phi) is 5.70. The number of rotatable bonds is 7. The van der Waals surface area contributed by atoms with Crippen LogP contribution in [0.5, 0.6) is 0 Å². The molecule has 1 fully saturated rings. The zero-order chi connectivity index (χ0) is 13.5. The molecule has 1 aliphatic rings. The number of aromatic nitrogens is 2. The van der Waals surface area contributed by atoms with Crippen molar-refractivity contribution in [1.82, 2.24) is 9.55 Å². The van der Waals surface area contributed by atoms with E-state index < -0.39 is 0 Å². The molecule has 0 amide bonds. The zero-order valence-electron chi connectivity index (χ0n) is 12.3. The minimum atomic E-state index is 0.619. The summed E-state index contributed by atoms with van der Waals surface area (Å²) < 4.78 is 7.36. The summed E-state index contributed by atoms with van der Waals surface area (Å²) in [7, 11) is 1.76. The molecule has 1 aromatic rings. The summed E-state index contributed by atoms with van der Waals surface area (Å²) in [5.74, 6) is 1.06. The Hall–Kier alpha value is -1.03. The highest BCUT2D eigenvalue weighted by Crippen LogP contribution is 2.21. The monoisotopic (exact) mass is 265 g/mol. The van der Waals surface area contributed by atoms with E-state index in [4.69, 9.17) is 4.74 Å². The lowest BCUT2D eigenvalue weighted by Crippen LogP contribution is -2.24. The van der Waals surface area contributed by atoms with E-state index in [0.29, 0.717) is 6.04 Å². The predicted molar refractivity (Wildman–Crippen MR) is 78.6 cm³/mol. The molecule has 1 aromatic heterocycles. The lowest BCUT2D eigenvalue weighted by molar-refractivity contribution is 0.191. The molecule has 1 saturated carbocycles. The van der Waals surface area contributed by atoms with Crippen LogP contribution in [0.25, 0.3) is 0 Å². The minimum absolute atomic E-state index is 0.619. The molecule has 4 nitrogen and oxygen atoms in total. The van der Waals surface area contributed by atoms with Gasteiger partial charge in [0.2, 0.25) is 5.95 Å². The molecule has 0 saturated heterocycles. The van der Waals surface area contributed by atoms with Crippen LogP contribution in [0.4, 0.5) is 5.95 Å². The van der Waals surface area contributed by atoms with Crippen molar-refractivity contribution < 1.29 is 4.74 Å². The van der Waals surface area contributed by atoms with Crippen LogP contribution in [-0.2, 0) is 11.3 Å². The molecule has 0 atom stereocenters. The molecule has 4 heteroatoms. The van der Waals surface area contributed by atoms with E-state index in [1.807, 2.05) is 0 Å². The average Bonchev–Trinajstić information content (AvgIpc) is 2.76. The van der Waals surface area contributed by atoms with Crippen LogP contribution in [0.15, 0.2) is 6.20 Å². The molecule has 0 spiro atoms. The first-order chi connectivity index (χ1) is 9.29. The smallest absolute Gasteiger partial charge is 0.203 e. The molecule has 19 heavy (non-hydrogen) atoms. The number of aryl methyl sites for hydroxylation is 2. The summed E-state index contributed by atoms with van der Waals surface area (Å²) in [6.45, 7) is 3.94. The molecular formula is C15H27N3O. The van der Waals surface area contributed by atoms with E-state index >= 15 is 0 Å². The van der Waals surface area contributed by atoms with Crippen LogP contribution in [0.2, 0.25) is 0 Å². The Bertz CT molecular complexity index is 369. The first-order valence-corrected chi connectivity index (χ1v) is 7.59. The highest BCUT2D eigenvalue weighted by molar-refractivity contribution is 5.30. The molecule has 108 valence electrons. The molecule has 1 N–H and O–H groups in total. The number of methoxy groups -OCH3 is 1. The maximum atomic E-state index is 5.10. The van der Waals surface area contributed by atoms with Gasteiger partial charge in [-0.1, -0.05) is 19.3 Å². The number of ether oxygens (including phenoxy) is 1. The highest BCUT2D eigenvalue weighted by atomic mass is 16.5. The van der Waals surface area contributed by atoms with Gasteiger partial charge in [-0.15, -0.1) is 0 Å². The van der Waals surface area contributed by atoms with Crippen LogP contribution in [-0.4, -0.2) is 29.3 Å². The van der Waals surface area contributed by atoms with Crippen molar-refractivity contribution in [3.63, 3.8) is 0 Å². The van der Waals surface area contributed by atoms with Gasteiger partial charge < -0.3 is 14.6 Å². The summed E-state index contributed by atoms with van der Waals surface area (Å²) in [5, 5.41) is 3.63. The number of imidazole rings is 1. The number of nitrogens with zero attached hydrogens (tertiary/aromatic N) is 2. The summed E-state index contributed by atoms with van der Waals surface area (Å²) in [6, 6.07) is 0.619. The van der Waals surface area contributed by atoms with Crippen LogP contribution in [0.3, 0.4) is 0 Å². The van der Waals surface area contributed by atoms with Crippen LogP contribution >= 0.6 is 0 Å². The Morgan fingerprint density at radius 1 is 1.32 bits per heavy atom. The molecule has 1 heterocycles. The SMILES string of the molecule is COCCCCn1cc(C)nc1NC1CCCCC1. The molecule has 0 aromatic carbocycles. The van der Waals surface area contributed by atoms with E-state index in [9.17, 15) is 0 Å². The standard InChI is InChI=1S/C15H27N3O/c1-13-12-18(10-6-7-11-19-2)15(16-13)17-14-8-4-3-5-9-14/h12,14H,3-11H2,1-2H3,(H,16,17). The normalized spacial score (nSPS) is 16.7. The maximum Gasteiger partial charge on any atom is 0.203 e. The van der Waals surface area contributed by atoms with Crippen molar-refractivity contribution in [2.24, 2.45) is 0 Å². The van der Waals surface area contributed by atoms with Crippen LogP contribution in [0, 0.1) is 6.92 Å². The van der Waals surface area contributed by atoms with Crippen molar-refractivity contribution in [3.05, 3.63) is 11.9 Å². The third kappa shape index (κ3) is 4.53. The van der Waals surface area contributed by atoms with Crippen LogP contribution < -0.4 is 5.32 Å². The first kappa shape index (κ1) is 14.4. The number of hydrogen-bond donors (Lipinski definition) is 1. The molecule has 1 aliphatic carbocycles. The van der Waals surface area contributed by atoms with E-state index in [0.717, 1.165) is 37.6 Å². The second kappa shape index (κ2) is 7.53. The largest absolute Gasteiger partial charge is 0.385 e. The fourth-order valence-corrected chi connectivity index (χ4v) is 2.79. The van der Waals surface area contributed by atoms with Gasteiger partial charge in [-0.25, -0.2) is 4.98 Å². The van der Waals surface area contributed by atoms with E-state index in [2.05, 4.69) is 28.0 Å². The van der Waals surface area contributed by atoms with Crippen LogP contribution in [0.1, 0.15) is 50.6 Å². The Labute approximate surface area is 116 Å². The van der Waals surface area contributed by atoms with Gasteiger partial charge in [0.1, 0.15) is 0 Å². The Balaban J connectivity index is 1.87. The second-order valence-corrected chi connectivity index (χ2v) is 5.58. The van der Waals surface area contributed by atoms with Crippen molar-refractivity contribution in [1.29, 1.82) is 0 Å². The highest BCUT2D eigenvalue weighted by Gasteiger charge is 2.15. The van der Waals surface area contributed by atoms with Gasteiger partial charge in [0.25, 0.3) is 0 Å². The van der Waals surface area contributed by atoms with Gasteiger partial charge in [-0.2, -0.15) is 0 Å². The molecular weight excluding hydrogens is 238 g/mol. The number of hydrogen-bond acceptors (Lipinski definition) is 3. The van der Waals surface area contributed by atoms with E-state index in [1.54, 1.807) is 7.11 Å². The molecule has 0 radical (unpaired) electrons. The summed E-state index contributed by atoms with van der Waals surface area (Å²) in [5.41, 5.74) is 1.10. The lowest BCUT2D eigenvalue weighted by Gasteiger charge is -2.23. The topological polar surface area (TPSA) is 39.1 Å². The van der Waals surface area contributed by atoms with Crippen molar-refractivity contribution >= 4 is 5.95 Å². The number of nitrogens with one attached hydrogen (secondary N) is 1. The first-order valence-electron chi connectivity index (χ1n) is 7.59. The van der Waals surface area contributed by atoms with E-state index in [1.165, 1.54) is 32.1 Å². The summed E-state index contributed by atoms with van der Waals surface area (Å²) in [4.78, 5) is 4.62. The number of unbranched alkanes of at least 4 members (excludes halogenated alkanes) is 1. The Morgan fingerprint density at radius 2 is 2.11 bits per heavy atom. The molecule has 2 rings (SSSR count). The van der Waals surface area contributed by atoms with E-state index in [-0.39, 0.29) is 0 Å². The minimum Gasteiger partial charge on any atom is -0.385 e. The van der Waals surface area contributed by atoms with Crippen molar-refractivity contribution in [3.8, 4) is 0 Å². The molecule has 0 aliphatic heterocycles. The van der Waals surface area contributed by atoms with Gasteiger partial charge in [0, 0.05) is 32.5 Å². The predicted octanol–water partition coefficient (Wildman–Crippen LogP) is 3.36. The third-order valence-electron chi connectivity index (χ3n) is 3.83. The van der Waals surface area contributed by atoms with Crippen molar-refractivity contribution in [2.75, 3.05) is 19.0 Å². The number of anilines is 1. The average molecular weight is 265 g/mol. The van der Waals surface area contributed by atoms with Gasteiger partial charge >= 0.3 is 0 Å². The molecule has 0 bridgehead atoms. The van der Waals surface area contributed by atoms with Gasteiger partial charge in [-0.3, -0.25) is 0 Å². The fourth-order valence-electron chi connectivity index (χ4n) is 2.79. The third-order valence-corrected chi connectivity index (χ3v) is 3.83.